The molecule has 0 amide bonds. The predicted octanol–water partition coefficient (Wildman–Crippen LogP) is 6.52. The van der Waals surface area contributed by atoms with Gasteiger partial charge in [0.15, 0.2) is 0 Å². The molecule has 0 radical (unpaired) electrons. The molecule has 2 rings (SSSR count). The maximum Gasteiger partial charge on any atom is 0.0451 e. The lowest BCUT2D eigenvalue weighted by atomic mass is 9.98. The number of nitrogens with zero attached hydrogens (tertiary/aromatic N) is 2. The van der Waals surface area contributed by atoms with Gasteiger partial charge in [-0.05, 0) is 61.5 Å². The van der Waals surface area contributed by atoms with E-state index >= 15 is 0 Å². The molecule has 2 aromatic rings. The number of likely N-dealkylation sites (N-methyl/N-ethyl adjacent to an activating group) is 1. The molecular weight excluding hydrogens is 376 g/mol. The van der Waals surface area contributed by atoms with Gasteiger partial charge in [0.1, 0.15) is 0 Å². The summed E-state index contributed by atoms with van der Waals surface area (Å²) in [5, 5.41) is 0.860. The minimum atomic E-state index is 0.482. The Morgan fingerprint density at radius 1 is 0.828 bits per heavy atom. The SMILES string of the molecule is CC(C)Cc1cccc(CN(Cc2ccccc2Cl)[C@@H](CC(C)C)CN(C)C)c1. The van der Waals surface area contributed by atoms with Crippen molar-refractivity contribution in [2.45, 2.75) is 59.7 Å². The summed E-state index contributed by atoms with van der Waals surface area (Å²) in [4.78, 5) is 4.93. The summed E-state index contributed by atoms with van der Waals surface area (Å²) in [5.74, 6) is 1.33. The molecule has 0 saturated heterocycles. The maximum atomic E-state index is 6.53. The summed E-state index contributed by atoms with van der Waals surface area (Å²) >= 11 is 6.53. The Morgan fingerprint density at radius 3 is 2.14 bits per heavy atom. The molecule has 3 heteroatoms. The van der Waals surface area contributed by atoms with Gasteiger partial charge in [0.2, 0.25) is 0 Å². The molecule has 0 unspecified atom stereocenters. The van der Waals surface area contributed by atoms with Crippen molar-refractivity contribution in [3.8, 4) is 0 Å². The standard InChI is InChI=1S/C26H39ClN2/c1-20(2)14-22-10-9-11-23(16-22)17-29(18-24-12-7-8-13-26(24)27)25(15-21(3)4)19-28(5)6/h7-13,16,20-21,25H,14-15,17-19H2,1-6H3/t25-/m0/s1. The second-order valence-electron chi connectivity index (χ2n) is 9.46. The van der Waals surface area contributed by atoms with Crippen LogP contribution < -0.4 is 0 Å². The summed E-state index contributed by atoms with van der Waals surface area (Å²) in [6.45, 7) is 12.1. The molecule has 29 heavy (non-hydrogen) atoms. The maximum absolute atomic E-state index is 6.53. The highest BCUT2D eigenvalue weighted by Crippen LogP contribution is 2.23. The summed E-state index contributed by atoms with van der Waals surface area (Å²) in [6, 6.07) is 17.9. The Hall–Kier alpha value is -1.35. The topological polar surface area (TPSA) is 6.48 Å². The molecule has 0 aliphatic heterocycles. The van der Waals surface area contributed by atoms with Crippen molar-refractivity contribution in [3.63, 3.8) is 0 Å². The highest BCUT2D eigenvalue weighted by atomic mass is 35.5. The van der Waals surface area contributed by atoms with Crippen LogP contribution in [0.1, 0.15) is 50.8 Å². The van der Waals surface area contributed by atoms with Crippen LogP contribution in [0.2, 0.25) is 5.02 Å². The minimum absolute atomic E-state index is 0.482. The van der Waals surface area contributed by atoms with Crippen molar-refractivity contribution in [1.29, 1.82) is 0 Å². The Balaban J connectivity index is 2.31. The van der Waals surface area contributed by atoms with Crippen LogP contribution in [0.4, 0.5) is 0 Å². The lowest BCUT2D eigenvalue weighted by Gasteiger charge is -2.35. The third kappa shape index (κ3) is 8.50. The van der Waals surface area contributed by atoms with Gasteiger partial charge in [-0.2, -0.15) is 0 Å². The molecule has 1 atom stereocenters. The van der Waals surface area contributed by atoms with Crippen molar-refractivity contribution < 1.29 is 0 Å². The Labute approximate surface area is 183 Å². The first-order chi connectivity index (χ1) is 13.7. The summed E-state index contributed by atoms with van der Waals surface area (Å²) in [6.07, 6.45) is 2.31. The number of rotatable bonds is 11. The molecule has 0 aliphatic rings. The lowest BCUT2D eigenvalue weighted by molar-refractivity contribution is 0.127. The molecule has 0 bridgehead atoms. The molecule has 2 aromatic carbocycles. The monoisotopic (exact) mass is 414 g/mol. The van der Waals surface area contributed by atoms with E-state index in [1.807, 2.05) is 12.1 Å². The van der Waals surface area contributed by atoms with Crippen LogP contribution in [-0.2, 0) is 19.5 Å². The zero-order valence-electron chi connectivity index (χ0n) is 19.2. The molecule has 2 nitrogen and oxygen atoms in total. The highest BCUT2D eigenvalue weighted by molar-refractivity contribution is 6.31. The Morgan fingerprint density at radius 2 is 1.52 bits per heavy atom. The first kappa shape index (κ1) is 23.9. The van der Waals surface area contributed by atoms with Crippen LogP contribution in [0.15, 0.2) is 48.5 Å². The third-order valence-electron chi connectivity index (χ3n) is 5.19. The molecule has 0 spiro atoms. The van der Waals surface area contributed by atoms with Gasteiger partial charge in [-0.3, -0.25) is 4.90 Å². The number of hydrogen-bond acceptors (Lipinski definition) is 2. The largest absolute Gasteiger partial charge is 0.308 e. The fourth-order valence-corrected chi connectivity index (χ4v) is 4.22. The Bertz CT molecular complexity index is 729. The molecule has 0 aliphatic carbocycles. The van der Waals surface area contributed by atoms with Crippen LogP contribution in [0.3, 0.4) is 0 Å². The van der Waals surface area contributed by atoms with Gasteiger partial charge in [0.25, 0.3) is 0 Å². The van der Waals surface area contributed by atoms with E-state index in [9.17, 15) is 0 Å². The minimum Gasteiger partial charge on any atom is -0.308 e. The predicted molar refractivity (Wildman–Crippen MR) is 127 cm³/mol. The fraction of sp³-hybridized carbons (Fsp3) is 0.538. The van der Waals surface area contributed by atoms with Gasteiger partial charge in [0, 0.05) is 30.7 Å². The van der Waals surface area contributed by atoms with Crippen molar-refractivity contribution in [1.82, 2.24) is 9.80 Å². The fourth-order valence-electron chi connectivity index (χ4n) is 4.03. The van der Waals surface area contributed by atoms with E-state index in [2.05, 4.69) is 88.0 Å². The molecule has 0 heterocycles. The second-order valence-corrected chi connectivity index (χ2v) is 9.87. The quantitative estimate of drug-likeness (QED) is 0.413. The number of halogens is 1. The second kappa shape index (κ2) is 11.7. The normalized spacial score (nSPS) is 13.1. The van der Waals surface area contributed by atoms with E-state index < -0.39 is 0 Å². The average molecular weight is 415 g/mol. The smallest absolute Gasteiger partial charge is 0.0451 e. The Kier molecular flexibility index (Phi) is 9.68. The van der Waals surface area contributed by atoms with Crippen molar-refractivity contribution in [2.24, 2.45) is 11.8 Å². The van der Waals surface area contributed by atoms with Crippen LogP contribution in [-0.4, -0.2) is 36.5 Å². The summed E-state index contributed by atoms with van der Waals surface area (Å²) < 4.78 is 0. The first-order valence-corrected chi connectivity index (χ1v) is 11.3. The van der Waals surface area contributed by atoms with Gasteiger partial charge in [0.05, 0.1) is 0 Å². The first-order valence-electron chi connectivity index (χ1n) is 10.9. The van der Waals surface area contributed by atoms with E-state index in [0.717, 1.165) is 31.1 Å². The molecule has 160 valence electrons. The van der Waals surface area contributed by atoms with E-state index in [0.29, 0.717) is 17.9 Å². The van der Waals surface area contributed by atoms with Crippen molar-refractivity contribution >= 4 is 11.6 Å². The van der Waals surface area contributed by atoms with E-state index in [1.54, 1.807) is 0 Å². The van der Waals surface area contributed by atoms with Crippen LogP contribution in [0.25, 0.3) is 0 Å². The highest BCUT2D eigenvalue weighted by Gasteiger charge is 2.22. The summed E-state index contributed by atoms with van der Waals surface area (Å²) in [5.41, 5.74) is 4.03. The lowest BCUT2D eigenvalue weighted by Crippen LogP contribution is -2.42. The van der Waals surface area contributed by atoms with Gasteiger partial charge in [-0.15, -0.1) is 0 Å². The van der Waals surface area contributed by atoms with Crippen LogP contribution in [0, 0.1) is 11.8 Å². The van der Waals surface area contributed by atoms with E-state index in [4.69, 9.17) is 11.6 Å². The van der Waals surface area contributed by atoms with E-state index in [1.165, 1.54) is 23.1 Å². The molecule has 0 fully saturated rings. The van der Waals surface area contributed by atoms with Gasteiger partial charge < -0.3 is 4.90 Å². The van der Waals surface area contributed by atoms with Crippen LogP contribution >= 0.6 is 11.6 Å². The molecule has 0 saturated carbocycles. The molecular formula is C26H39ClN2. The van der Waals surface area contributed by atoms with Gasteiger partial charge in [-0.1, -0.05) is 81.8 Å². The number of benzene rings is 2. The third-order valence-corrected chi connectivity index (χ3v) is 5.56. The van der Waals surface area contributed by atoms with Gasteiger partial charge in [-0.25, -0.2) is 0 Å². The molecule has 0 N–H and O–H groups in total. The zero-order chi connectivity index (χ0) is 21.4. The van der Waals surface area contributed by atoms with Crippen molar-refractivity contribution in [3.05, 3.63) is 70.2 Å². The van der Waals surface area contributed by atoms with Crippen molar-refractivity contribution in [2.75, 3.05) is 20.6 Å². The molecule has 0 aromatic heterocycles. The summed E-state index contributed by atoms with van der Waals surface area (Å²) in [7, 11) is 4.34. The van der Waals surface area contributed by atoms with Crippen LogP contribution in [0.5, 0.6) is 0 Å². The number of hydrogen-bond donors (Lipinski definition) is 0. The van der Waals surface area contributed by atoms with E-state index in [-0.39, 0.29) is 0 Å². The zero-order valence-corrected chi connectivity index (χ0v) is 19.9. The van der Waals surface area contributed by atoms with Gasteiger partial charge >= 0.3 is 0 Å². The average Bonchev–Trinajstić information content (AvgIpc) is 2.61.